The lowest BCUT2D eigenvalue weighted by Crippen LogP contribution is -2.28. The number of aryl methyl sites for hydroxylation is 1. The zero-order valence-corrected chi connectivity index (χ0v) is 11.2. The van der Waals surface area contributed by atoms with E-state index in [2.05, 4.69) is 4.74 Å². The van der Waals surface area contributed by atoms with Gasteiger partial charge in [-0.25, -0.2) is 4.79 Å². The van der Waals surface area contributed by atoms with Gasteiger partial charge in [0, 0.05) is 0 Å². The van der Waals surface area contributed by atoms with Gasteiger partial charge in [0.15, 0.2) is 6.10 Å². The Balaban J connectivity index is 2.16. The Morgan fingerprint density at radius 1 is 1.25 bits per heavy atom. The summed E-state index contributed by atoms with van der Waals surface area (Å²) in [5, 5.41) is 0. The number of carbonyl (C=O) groups excluding carboxylic acids is 1. The highest BCUT2D eigenvalue weighted by atomic mass is 19.4. The standard InChI is InChI=1S/C14H17F3O3/c1-11(20-10-14(15,16)17)13(18)19-9-5-8-12-6-3-2-4-7-12/h2-4,6-7,11H,5,8-10H2,1H3. The van der Waals surface area contributed by atoms with Gasteiger partial charge in [-0.1, -0.05) is 30.3 Å². The molecule has 0 N–H and O–H groups in total. The fourth-order valence-electron chi connectivity index (χ4n) is 1.50. The summed E-state index contributed by atoms with van der Waals surface area (Å²) < 4.78 is 44.9. The molecule has 0 saturated carbocycles. The minimum atomic E-state index is -4.44. The maximum atomic E-state index is 11.9. The molecular weight excluding hydrogens is 273 g/mol. The number of carbonyl (C=O) groups is 1. The lowest BCUT2D eigenvalue weighted by Gasteiger charge is -2.14. The van der Waals surface area contributed by atoms with E-state index in [1.54, 1.807) is 0 Å². The van der Waals surface area contributed by atoms with E-state index in [1.807, 2.05) is 30.3 Å². The van der Waals surface area contributed by atoms with Crippen LogP contribution in [-0.2, 0) is 20.7 Å². The largest absolute Gasteiger partial charge is 0.464 e. The topological polar surface area (TPSA) is 35.5 Å². The second kappa shape index (κ2) is 7.89. The summed E-state index contributed by atoms with van der Waals surface area (Å²) in [7, 11) is 0. The quantitative estimate of drug-likeness (QED) is 0.571. The van der Waals surface area contributed by atoms with Crippen LogP contribution in [0.4, 0.5) is 13.2 Å². The van der Waals surface area contributed by atoms with E-state index >= 15 is 0 Å². The molecule has 0 aliphatic carbocycles. The van der Waals surface area contributed by atoms with Crippen LogP contribution in [0.15, 0.2) is 30.3 Å². The van der Waals surface area contributed by atoms with Crippen LogP contribution in [0, 0.1) is 0 Å². The van der Waals surface area contributed by atoms with Crippen molar-refractivity contribution in [2.45, 2.75) is 32.0 Å². The van der Waals surface area contributed by atoms with Gasteiger partial charge in [0.05, 0.1) is 6.61 Å². The van der Waals surface area contributed by atoms with Gasteiger partial charge in [0.25, 0.3) is 0 Å². The number of hydrogen-bond acceptors (Lipinski definition) is 3. The van der Waals surface area contributed by atoms with Crippen LogP contribution in [-0.4, -0.2) is 31.5 Å². The van der Waals surface area contributed by atoms with Crippen molar-refractivity contribution in [1.82, 2.24) is 0 Å². The first-order valence-electron chi connectivity index (χ1n) is 6.27. The van der Waals surface area contributed by atoms with Crippen LogP contribution in [0.2, 0.25) is 0 Å². The van der Waals surface area contributed by atoms with Gasteiger partial charge in [-0.3, -0.25) is 0 Å². The highest BCUT2D eigenvalue weighted by Crippen LogP contribution is 2.15. The molecular formula is C14H17F3O3. The Labute approximate surface area is 115 Å². The summed E-state index contributed by atoms with van der Waals surface area (Å²) >= 11 is 0. The number of esters is 1. The molecule has 0 spiro atoms. The number of alkyl halides is 3. The molecule has 112 valence electrons. The van der Waals surface area contributed by atoms with E-state index in [4.69, 9.17) is 4.74 Å². The molecule has 0 aliphatic rings. The summed E-state index contributed by atoms with van der Waals surface area (Å²) in [6.45, 7) is -0.0496. The van der Waals surface area contributed by atoms with Gasteiger partial charge >= 0.3 is 12.1 Å². The zero-order chi connectivity index (χ0) is 15.0. The average molecular weight is 290 g/mol. The summed E-state index contributed by atoms with van der Waals surface area (Å²) in [6, 6.07) is 9.64. The Kier molecular flexibility index (Phi) is 6.51. The first kappa shape index (κ1) is 16.5. The van der Waals surface area contributed by atoms with Crippen LogP contribution in [0.5, 0.6) is 0 Å². The normalized spacial score (nSPS) is 13.0. The predicted molar refractivity (Wildman–Crippen MR) is 67.2 cm³/mol. The van der Waals surface area contributed by atoms with Gasteiger partial charge in [-0.2, -0.15) is 13.2 Å². The van der Waals surface area contributed by atoms with Gasteiger partial charge in [-0.05, 0) is 25.3 Å². The van der Waals surface area contributed by atoms with Gasteiger partial charge < -0.3 is 9.47 Å². The lowest BCUT2D eigenvalue weighted by atomic mass is 10.1. The molecule has 1 unspecified atom stereocenters. The smallest absolute Gasteiger partial charge is 0.411 e. The molecule has 0 aliphatic heterocycles. The molecule has 0 radical (unpaired) electrons. The van der Waals surface area contributed by atoms with Gasteiger partial charge in [0.1, 0.15) is 6.61 Å². The third-order valence-electron chi connectivity index (χ3n) is 2.53. The molecule has 0 bridgehead atoms. The van der Waals surface area contributed by atoms with E-state index in [9.17, 15) is 18.0 Å². The molecule has 0 aromatic heterocycles. The van der Waals surface area contributed by atoms with Crippen molar-refractivity contribution in [3.8, 4) is 0 Å². The van der Waals surface area contributed by atoms with Crippen LogP contribution in [0.3, 0.4) is 0 Å². The lowest BCUT2D eigenvalue weighted by molar-refractivity contribution is -0.192. The number of ether oxygens (including phenoxy) is 2. The van der Waals surface area contributed by atoms with E-state index in [0.29, 0.717) is 6.42 Å². The van der Waals surface area contributed by atoms with E-state index in [1.165, 1.54) is 6.92 Å². The Morgan fingerprint density at radius 2 is 1.90 bits per heavy atom. The number of hydrogen-bond donors (Lipinski definition) is 0. The Hall–Kier alpha value is -1.56. The molecule has 1 rings (SSSR count). The highest BCUT2D eigenvalue weighted by Gasteiger charge is 2.30. The number of rotatable bonds is 7. The Bertz CT molecular complexity index is 404. The molecule has 0 amide bonds. The SMILES string of the molecule is CC(OCC(F)(F)F)C(=O)OCCCc1ccccc1. The van der Waals surface area contributed by atoms with Crippen LogP contribution >= 0.6 is 0 Å². The van der Waals surface area contributed by atoms with Crippen molar-refractivity contribution in [2.24, 2.45) is 0 Å². The molecule has 0 fully saturated rings. The third-order valence-corrected chi connectivity index (χ3v) is 2.53. The fraction of sp³-hybridized carbons (Fsp3) is 0.500. The monoisotopic (exact) mass is 290 g/mol. The molecule has 0 heterocycles. The Morgan fingerprint density at radius 3 is 2.50 bits per heavy atom. The predicted octanol–water partition coefficient (Wildman–Crippen LogP) is 3.13. The minimum Gasteiger partial charge on any atom is -0.464 e. The zero-order valence-electron chi connectivity index (χ0n) is 11.2. The molecule has 1 atom stereocenters. The van der Waals surface area contributed by atoms with Crippen molar-refractivity contribution in [3.63, 3.8) is 0 Å². The van der Waals surface area contributed by atoms with Crippen LogP contribution in [0.1, 0.15) is 18.9 Å². The number of benzene rings is 1. The highest BCUT2D eigenvalue weighted by molar-refractivity contribution is 5.74. The molecule has 20 heavy (non-hydrogen) atoms. The maximum Gasteiger partial charge on any atom is 0.411 e. The van der Waals surface area contributed by atoms with Gasteiger partial charge in [-0.15, -0.1) is 0 Å². The second-order valence-corrected chi connectivity index (χ2v) is 4.33. The third kappa shape index (κ3) is 7.13. The molecule has 1 aromatic carbocycles. The van der Waals surface area contributed by atoms with Crippen LogP contribution in [0.25, 0.3) is 0 Å². The summed E-state index contributed by atoms with van der Waals surface area (Å²) in [5.41, 5.74) is 1.12. The van der Waals surface area contributed by atoms with Crippen LogP contribution < -0.4 is 0 Å². The van der Waals surface area contributed by atoms with E-state index < -0.39 is 24.9 Å². The summed E-state index contributed by atoms with van der Waals surface area (Å²) in [6.07, 6.45) is -4.30. The van der Waals surface area contributed by atoms with Crippen molar-refractivity contribution in [3.05, 3.63) is 35.9 Å². The minimum absolute atomic E-state index is 0.160. The first-order chi connectivity index (χ1) is 9.38. The van der Waals surface area contributed by atoms with E-state index in [-0.39, 0.29) is 6.61 Å². The average Bonchev–Trinajstić information content (AvgIpc) is 2.41. The summed E-state index contributed by atoms with van der Waals surface area (Å²) in [5.74, 6) is -0.776. The first-order valence-corrected chi connectivity index (χ1v) is 6.27. The number of halogens is 3. The molecule has 0 saturated heterocycles. The molecule has 3 nitrogen and oxygen atoms in total. The molecule has 1 aromatic rings. The van der Waals surface area contributed by atoms with Crippen molar-refractivity contribution in [2.75, 3.05) is 13.2 Å². The van der Waals surface area contributed by atoms with Crippen molar-refractivity contribution < 1.29 is 27.4 Å². The van der Waals surface area contributed by atoms with Crippen molar-refractivity contribution >= 4 is 5.97 Å². The maximum absolute atomic E-state index is 11.9. The fourth-order valence-corrected chi connectivity index (χ4v) is 1.50. The second-order valence-electron chi connectivity index (χ2n) is 4.33. The van der Waals surface area contributed by atoms with Gasteiger partial charge in [0.2, 0.25) is 0 Å². The van der Waals surface area contributed by atoms with E-state index in [0.717, 1.165) is 12.0 Å². The summed E-state index contributed by atoms with van der Waals surface area (Å²) in [4.78, 5) is 11.4. The van der Waals surface area contributed by atoms with Crippen molar-refractivity contribution in [1.29, 1.82) is 0 Å². The molecule has 6 heteroatoms.